The van der Waals surface area contributed by atoms with Gasteiger partial charge in [0.25, 0.3) is 11.0 Å². The lowest BCUT2D eigenvalue weighted by Crippen LogP contribution is -2.31. The molecular formula is C26H34F2N2O9. The third-order valence-electron chi connectivity index (χ3n) is 5.98. The Bertz CT molecular complexity index is 975. The maximum absolute atomic E-state index is 14.3. The summed E-state index contributed by atoms with van der Waals surface area (Å²) in [5.74, 6) is -5.15. The molecule has 0 saturated heterocycles. The average molecular weight is 557 g/mol. The largest absolute Gasteiger partial charge is 0.487 e. The Balaban J connectivity index is 1.69. The molecule has 0 spiro atoms. The number of aliphatic hydroxyl groups is 2. The van der Waals surface area contributed by atoms with Crippen LogP contribution in [0.3, 0.4) is 0 Å². The van der Waals surface area contributed by atoms with Crippen molar-refractivity contribution in [3.63, 3.8) is 0 Å². The minimum Gasteiger partial charge on any atom is -0.487 e. The monoisotopic (exact) mass is 556 g/mol. The van der Waals surface area contributed by atoms with Crippen LogP contribution in [-0.2, 0) is 19.2 Å². The molecule has 1 aromatic carbocycles. The molecule has 216 valence electrons. The second kappa shape index (κ2) is 16.4. The first-order valence-corrected chi connectivity index (χ1v) is 12.5. The third-order valence-corrected chi connectivity index (χ3v) is 5.98. The van der Waals surface area contributed by atoms with Gasteiger partial charge in [-0.05, 0) is 43.4 Å². The van der Waals surface area contributed by atoms with Gasteiger partial charge in [0.1, 0.15) is 25.5 Å². The Kier molecular flexibility index (Phi) is 13.3. The molecule has 1 aromatic rings. The van der Waals surface area contributed by atoms with Gasteiger partial charge in [-0.3, -0.25) is 9.59 Å². The van der Waals surface area contributed by atoms with Crippen LogP contribution >= 0.6 is 0 Å². The topological polar surface area (TPSA) is 157 Å². The minimum absolute atomic E-state index is 0.0883. The fraction of sp³-hybridized carbons (Fsp3) is 0.538. The zero-order chi connectivity index (χ0) is 28.7. The van der Waals surface area contributed by atoms with E-state index < -0.39 is 54.2 Å². The Labute approximate surface area is 224 Å². The molecule has 0 aliphatic heterocycles. The summed E-state index contributed by atoms with van der Waals surface area (Å²) in [6.45, 7) is -1.93. The summed E-state index contributed by atoms with van der Waals surface area (Å²) in [5, 5.41) is 32.0. The van der Waals surface area contributed by atoms with Crippen molar-refractivity contribution in [3.8, 4) is 5.75 Å². The van der Waals surface area contributed by atoms with Crippen LogP contribution < -0.4 is 10.1 Å². The highest BCUT2D eigenvalue weighted by Crippen LogP contribution is 2.37. The minimum atomic E-state index is -3.26. The molecule has 13 heteroatoms. The summed E-state index contributed by atoms with van der Waals surface area (Å²) in [7, 11) is 0. The Morgan fingerprint density at radius 1 is 1.15 bits per heavy atom. The number of aliphatic hydroxyl groups excluding tert-OH is 2. The van der Waals surface area contributed by atoms with Gasteiger partial charge < -0.3 is 29.8 Å². The lowest BCUT2D eigenvalue weighted by Gasteiger charge is -2.20. The molecule has 1 saturated carbocycles. The van der Waals surface area contributed by atoms with Crippen molar-refractivity contribution < 1.29 is 48.0 Å². The van der Waals surface area contributed by atoms with Crippen LogP contribution in [0.25, 0.3) is 0 Å². The highest BCUT2D eigenvalue weighted by molar-refractivity contribution is 5.81. The van der Waals surface area contributed by atoms with E-state index in [4.69, 9.17) is 4.74 Å². The zero-order valence-corrected chi connectivity index (χ0v) is 21.3. The van der Waals surface area contributed by atoms with Crippen LogP contribution in [0.5, 0.6) is 5.75 Å². The first-order chi connectivity index (χ1) is 18.6. The van der Waals surface area contributed by atoms with Gasteiger partial charge in [-0.2, -0.15) is 8.78 Å². The second-order valence-electron chi connectivity index (χ2n) is 8.99. The number of amides is 1. The summed E-state index contributed by atoms with van der Waals surface area (Å²) in [6.07, 6.45) is 5.34. The highest BCUT2D eigenvalue weighted by atomic mass is 19.3. The van der Waals surface area contributed by atoms with Crippen LogP contribution in [0.15, 0.2) is 54.6 Å². The molecular weight excluding hydrogens is 522 g/mol. The van der Waals surface area contributed by atoms with E-state index in [-0.39, 0.29) is 31.9 Å². The van der Waals surface area contributed by atoms with Crippen molar-refractivity contribution in [3.05, 3.63) is 64.8 Å². The van der Waals surface area contributed by atoms with E-state index >= 15 is 0 Å². The number of carbonyl (C=O) groups is 2. The van der Waals surface area contributed by atoms with Gasteiger partial charge >= 0.3 is 5.97 Å². The average Bonchev–Trinajstić information content (AvgIpc) is 3.17. The van der Waals surface area contributed by atoms with Gasteiger partial charge in [0.15, 0.2) is 6.61 Å². The lowest BCUT2D eigenvalue weighted by molar-refractivity contribution is -0.757. The number of benzene rings is 1. The molecule has 0 heterocycles. The summed E-state index contributed by atoms with van der Waals surface area (Å²) >= 11 is 0. The first-order valence-electron chi connectivity index (χ1n) is 12.5. The van der Waals surface area contributed by atoms with Gasteiger partial charge in [-0.15, -0.1) is 10.1 Å². The van der Waals surface area contributed by atoms with E-state index in [2.05, 4.69) is 14.9 Å². The van der Waals surface area contributed by atoms with Gasteiger partial charge in [0.2, 0.25) is 5.91 Å². The van der Waals surface area contributed by atoms with E-state index in [1.54, 1.807) is 42.5 Å². The molecule has 0 unspecified atom stereocenters. The Hall–Kier alpha value is -3.58. The van der Waals surface area contributed by atoms with Gasteiger partial charge in [-0.25, -0.2) is 0 Å². The predicted octanol–water partition coefficient (Wildman–Crippen LogP) is 2.60. The molecule has 0 radical (unpaired) electrons. The van der Waals surface area contributed by atoms with Gasteiger partial charge in [-0.1, -0.05) is 36.4 Å². The molecule has 11 nitrogen and oxygen atoms in total. The number of para-hydroxylation sites is 1. The van der Waals surface area contributed by atoms with Gasteiger partial charge in [0, 0.05) is 18.8 Å². The zero-order valence-electron chi connectivity index (χ0n) is 21.3. The number of carbonyl (C=O) groups excluding carboxylic acids is 2. The van der Waals surface area contributed by atoms with Crippen LogP contribution in [0.1, 0.15) is 32.1 Å². The molecule has 39 heavy (non-hydrogen) atoms. The molecule has 1 amide bonds. The normalized spacial score (nSPS) is 21.2. The second-order valence-corrected chi connectivity index (χ2v) is 8.99. The number of allylic oxidation sites excluding steroid dienone is 2. The van der Waals surface area contributed by atoms with E-state index in [1.807, 2.05) is 0 Å². The number of nitrogens with one attached hydrogen (secondary N) is 1. The number of rotatable bonds is 17. The summed E-state index contributed by atoms with van der Waals surface area (Å²) in [4.78, 5) is 37.2. The maximum atomic E-state index is 14.3. The Morgan fingerprint density at radius 2 is 1.90 bits per heavy atom. The molecule has 3 N–H and O–H groups in total. The Morgan fingerprint density at radius 3 is 2.62 bits per heavy atom. The van der Waals surface area contributed by atoms with Crippen molar-refractivity contribution in [2.45, 2.75) is 50.2 Å². The van der Waals surface area contributed by atoms with Crippen molar-refractivity contribution in [2.75, 3.05) is 26.4 Å². The quantitative estimate of drug-likeness (QED) is 0.0862. The van der Waals surface area contributed by atoms with E-state index in [0.29, 0.717) is 31.1 Å². The van der Waals surface area contributed by atoms with Crippen LogP contribution in [-0.4, -0.2) is 71.7 Å². The fourth-order valence-corrected chi connectivity index (χ4v) is 4.03. The summed E-state index contributed by atoms with van der Waals surface area (Å²) < 4.78 is 38.4. The fourth-order valence-electron chi connectivity index (χ4n) is 4.03. The van der Waals surface area contributed by atoms with Crippen molar-refractivity contribution >= 4 is 11.9 Å². The smallest absolute Gasteiger partial charge is 0.325 e. The molecule has 0 aromatic heterocycles. The standard InChI is InChI=1S/C26H34F2N2O9/c27-26(28,18-38-19-8-4-3-5-9-19)13-12-21-20(22(31)16-23(21)32)10-6-1-2-7-11-24(33)29-17-25(34)37-14-15-39-30(35)36/h1,3-6,8-9,12-13,20-23,31-32H,2,7,10-11,14-18H2,(H,29,33)/b6-1-,13-12+/t20-,21-,22+,23-/m1/s1. The third kappa shape index (κ3) is 12.7. The maximum Gasteiger partial charge on any atom is 0.325 e. The van der Waals surface area contributed by atoms with Crippen LogP contribution in [0.2, 0.25) is 0 Å². The van der Waals surface area contributed by atoms with Crippen molar-refractivity contribution in [2.24, 2.45) is 11.8 Å². The number of esters is 1. The van der Waals surface area contributed by atoms with Crippen molar-refractivity contribution in [1.82, 2.24) is 5.32 Å². The number of ether oxygens (including phenoxy) is 2. The summed E-state index contributed by atoms with van der Waals surface area (Å²) in [6, 6.07) is 8.25. The molecule has 1 fully saturated rings. The van der Waals surface area contributed by atoms with Gasteiger partial charge in [0.05, 0.1) is 12.2 Å². The van der Waals surface area contributed by atoms with E-state index in [1.165, 1.54) is 6.08 Å². The van der Waals surface area contributed by atoms with E-state index in [9.17, 15) is 38.7 Å². The van der Waals surface area contributed by atoms with Crippen molar-refractivity contribution in [1.29, 1.82) is 0 Å². The number of alkyl halides is 2. The number of hydrogen-bond donors (Lipinski definition) is 3. The number of hydrogen-bond acceptors (Lipinski definition) is 9. The predicted molar refractivity (Wildman–Crippen MR) is 134 cm³/mol. The molecule has 4 atom stereocenters. The highest BCUT2D eigenvalue weighted by Gasteiger charge is 2.40. The number of unbranched alkanes of at least 4 members (excludes halogenated alkanes) is 1. The molecule has 0 bridgehead atoms. The first kappa shape index (κ1) is 31.6. The molecule has 1 aliphatic rings. The van der Waals surface area contributed by atoms with Crippen LogP contribution in [0, 0.1) is 22.0 Å². The lowest BCUT2D eigenvalue weighted by atomic mass is 9.89. The number of halogens is 2. The molecule has 2 rings (SSSR count). The van der Waals surface area contributed by atoms with Crippen LogP contribution in [0.4, 0.5) is 8.78 Å². The number of nitrogens with zero attached hydrogens (tertiary/aromatic N) is 1. The van der Waals surface area contributed by atoms with E-state index in [0.717, 1.165) is 0 Å². The summed E-state index contributed by atoms with van der Waals surface area (Å²) in [5.41, 5.74) is 0. The molecule has 1 aliphatic carbocycles. The SMILES string of the molecule is O=C(CCC/C=C\C[C@@H]1[C@@H](/C=C/C(F)(F)COc2ccccc2)[C@H](O)C[C@@H]1O)NCC(=O)OCCO[N+](=O)[O-].